The van der Waals surface area contributed by atoms with E-state index >= 15 is 0 Å². The van der Waals surface area contributed by atoms with Crippen molar-refractivity contribution in [2.75, 3.05) is 16.0 Å². The van der Waals surface area contributed by atoms with Crippen LogP contribution in [0.4, 0.5) is 17.2 Å². The van der Waals surface area contributed by atoms with Crippen molar-refractivity contribution in [3.05, 3.63) is 77.2 Å². The highest BCUT2D eigenvalue weighted by Gasteiger charge is 2.11. The van der Waals surface area contributed by atoms with E-state index in [4.69, 9.17) is 0 Å². The second kappa shape index (κ2) is 8.97. The second-order valence-electron chi connectivity index (χ2n) is 6.74. The van der Waals surface area contributed by atoms with Crippen LogP contribution >= 0.6 is 0 Å². The topological polar surface area (TPSA) is 96.0 Å². The molecule has 0 aliphatic heterocycles. The summed E-state index contributed by atoms with van der Waals surface area (Å²) in [5.41, 5.74) is 3.86. The number of carbonyl (C=O) groups is 2. The Hall–Kier alpha value is -3.74. The number of anilines is 3. The molecule has 0 atom stereocenters. The van der Waals surface area contributed by atoms with Gasteiger partial charge in [0.05, 0.1) is 0 Å². The molecule has 1 aromatic heterocycles. The van der Waals surface area contributed by atoms with Gasteiger partial charge in [-0.25, -0.2) is 9.97 Å². The van der Waals surface area contributed by atoms with Crippen LogP contribution in [0.3, 0.4) is 0 Å². The first-order valence-corrected chi connectivity index (χ1v) is 9.23. The molecule has 148 valence electrons. The average molecular weight is 389 g/mol. The molecule has 7 nitrogen and oxygen atoms in total. The van der Waals surface area contributed by atoms with E-state index in [2.05, 4.69) is 32.0 Å². The van der Waals surface area contributed by atoms with Gasteiger partial charge in [0.1, 0.15) is 17.3 Å². The van der Waals surface area contributed by atoms with Crippen molar-refractivity contribution in [2.45, 2.75) is 27.3 Å². The number of rotatable bonds is 6. The van der Waals surface area contributed by atoms with Crippen LogP contribution < -0.4 is 16.0 Å². The number of hydrogen-bond acceptors (Lipinski definition) is 5. The first-order chi connectivity index (χ1) is 13.9. The lowest BCUT2D eigenvalue weighted by Crippen LogP contribution is -2.16. The first kappa shape index (κ1) is 20.0. The molecule has 0 radical (unpaired) electrons. The molecule has 3 aromatic rings. The fraction of sp³-hybridized carbons (Fsp3) is 0.182. The molecule has 7 heteroatoms. The highest BCUT2D eigenvalue weighted by molar-refractivity contribution is 6.03. The minimum Gasteiger partial charge on any atom is -0.366 e. The number of amides is 2. The van der Waals surface area contributed by atoms with Crippen LogP contribution in [0.2, 0.25) is 0 Å². The zero-order chi connectivity index (χ0) is 20.8. The molecule has 0 aliphatic carbocycles. The maximum absolute atomic E-state index is 12.6. The van der Waals surface area contributed by atoms with Crippen LogP contribution in [-0.2, 0) is 11.3 Å². The van der Waals surface area contributed by atoms with E-state index in [0.717, 1.165) is 5.56 Å². The van der Waals surface area contributed by atoms with Crippen molar-refractivity contribution in [3.63, 3.8) is 0 Å². The quantitative estimate of drug-likeness (QED) is 0.594. The minimum absolute atomic E-state index is 0.149. The number of aromatic nitrogens is 2. The minimum atomic E-state index is -0.332. The number of aryl methyl sites for hydroxylation is 2. The molecule has 0 fully saturated rings. The van der Waals surface area contributed by atoms with Gasteiger partial charge >= 0.3 is 0 Å². The highest BCUT2D eigenvalue weighted by atomic mass is 16.2. The molecule has 2 aromatic carbocycles. The lowest BCUT2D eigenvalue weighted by molar-refractivity contribution is -0.114. The average Bonchev–Trinajstić information content (AvgIpc) is 2.67. The van der Waals surface area contributed by atoms with Gasteiger partial charge in [-0.2, -0.15) is 0 Å². The monoisotopic (exact) mass is 389 g/mol. The Morgan fingerprint density at radius 3 is 2.24 bits per heavy atom. The Morgan fingerprint density at radius 1 is 0.897 bits per heavy atom. The molecule has 0 aliphatic rings. The molecular weight excluding hydrogens is 366 g/mol. The van der Waals surface area contributed by atoms with Gasteiger partial charge < -0.3 is 16.0 Å². The Balaban J connectivity index is 1.68. The third kappa shape index (κ3) is 5.87. The molecule has 0 bridgehead atoms. The molecule has 3 rings (SSSR count). The lowest BCUT2D eigenvalue weighted by Gasteiger charge is -2.10. The van der Waals surface area contributed by atoms with Gasteiger partial charge in [-0.3, -0.25) is 9.59 Å². The molecule has 1 heterocycles. The van der Waals surface area contributed by atoms with E-state index in [9.17, 15) is 9.59 Å². The summed E-state index contributed by atoms with van der Waals surface area (Å²) in [6.07, 6.45) is 0. The summed E-state index contributed by atoms with van der Waals surface area (Å²) in [4.78, 5) is 32.3. The highest BCUT2D eigenvalue weighted by Crippen LogP contribution is 2.16. The number of benzene rings is 2. The van der Waals surface area contributed by atoms with Crippen molar-refractivity contribution in [1.29, 1.82) is 0 Å². The summed E-state index contributed by atoms with van der Waals surface area (Å²) in [5.74, 6) is 0.612. The van der Waals surface area contributed by atoms with Crippen LogP contribution in [-0.4, -0.2) is 21.8 Å². The maximum Gasteiger partial charge on any atom is 0.274 e. The predicted molar refractivity (Wildman–Crippen MR) is 114 cm³/mol. The van der Waals surface area contributed by atoms with Crippen LogP contribution in [0.15, 0.2) is 54.6 Å². The van der Waals surface area contributed by atoms with E-state index in [-0.39, 0.29) is 17.5 Å². The van der Waals surface area contributed by atoms with Crippen molar-refractivity contribution in [3.8, 4) is 0 Å². The maximum atomic E-state index is 12.6. The fourth-order valence-electron chi connectivity index (χ4n) is 2.82. The molecule has 3 N–H and O–H groups in total. The predicted octanol–water partition coefficient (Wildman–Crippen LogP) is 3.92. The largest absolute Gasteiger partial charge is 0.366 e. The summed E-state index contributed by atoms with van der Waals surface area (Å²) in [5, 5.41) is 8.73. The number of nitrogens with one attached hydrogen (secondary N) is 3. The van der Waals surface area contributed by atoms with Crippen molar-refractivity contribution in [2.24, 2.45) is 0 Å². The Bertz CT molecular complexity index is 1030. The van der Waals surface area contributed by atoms with Gasteiger partial charge in [0.25, 0.3) is 5.91 Å². The number of hydrogen-bond donors (Lipinski definition) is 3. The van der Waals surface area contributed by atoms with E-state index in [1.807, 2.05) is 25.1 Å². The van der Waals surface area contributed by atoms with Gasteiger partial charge in [-0.15, -0.1) is 0 Å². The third-order valence-electron chi connectivity index (χ3n) is 4.09. The Labute approximate surface area is 169 Å². The van der Waals surface area contributed by atoms with Crippen LogP contribution in [0.1, 0.15) is 34.4 Å². The molecule has 0 spiro atoms. The van der Waals surface area contributed by atoms with Crippen LogP contribution in [0, 0.1) is 13.8 Å². The van der Waals surface area contributed by atoms with Gasteiger partial charge in [0.15, 0.2) is 0 Å². The summed E-state index contributed by atoms with van der Waals surface area (Å²) >= 11 is 0. The van der Waals surface area contributed by atoms with E-state index < -0.39 is 0 Å². The number of nitrogens with zero attached hydrogens (tertiary/aromatic N) is 2. The van der Waals surface area contributed by atoms with E-state index in [1.54, 1.807) is 37.3 Å². The summed E-state index contributed by atoms with van der Waals surface area (Å²) in [7, 11) is 0. The SMILES string of the molecule is CC(=O)Nc1ccc(NC(=O)c2cc(NCc3cccc(C)c3)nc(C)n2)cc1. The molecule has 29 heavy (non-hydrogen) atoms. The van der Waals surface area contributed by atoms with Crippen molar-refractivity contribution in [1.82, 2.24) is 9.97 Å². The standard InChI is InChI=1S/C22H23N5O2/c1-14-5-4-6-17(11-14)13-23-21-12-20(24-15(2)25-21)22(29)27-19-9-7-18(8-10-19)26-16(3)28/h4-12H,13H2,1-3H3,(H,26,28)(H,27,29)(H,23,24,25). The molecule has 0 unspecified atom stereocenters. The smallest absolute Gasteiger partial charge is 0.274 e. The van der Waals surface area contributed by atoms with Gasteiger partial charge in [-0.05, 0) is 43.7 Å². The Morgan fingerprint density at radius 2 is 1.59 bits per heavy atom. The van der Waals surface area contributed by atoms with Crippen LogP contribution in [0.5, 0.6) is 0 Å². The number of carbonyl (C=O) groups excluding carboxylic acids is 2. The summed E-state index contributed by atoms with van der Waals surface area (Å²) in [6.45, 7) is 5.84. The second-order valence-corrected chi connectivity index (χ2v) is 6.74. The van der Waals surface area contributed by atoms with E-state index in [1.165, 1.54) is 12.5 Å². The van der Waals surface area contributed by atoms with Crippen molar-refractivity contribution >= 4 is 29.0 Å². The lowest BCUT2D eigenvalue weighted by atomic mass is 10.1. The van der Waals surface area contributed by atoms with E-state index in [0.29, 0.717) is 29.6 Å². The summed E-state index contributed by atoms with van der Waals surface area (Å²) in [6, 6.07) is 16.7. The molecule has 0 saturated carbocycles. The Kier molecular flexibility index (Phi) is 6.19. The fourth-order valence-corrected chi connectivity index (χ4v) is 2.82. The summed E-state index contributed by atoms with van der Waals surface area (Å²) < 4.78 is 0. The molecule has 2 amide bonds. The van der Waals surface area contributed by atoms with Gasteiger partial charge in [-0.1, -0.05) is 29.8 Å². The zero-order valence-electron chi connectivity index (χ0n) is 16.6. The zero-order valence-corrected chi connectivity index (χ0v) is 16.6. The normalized spacial score (nSPS) is 10.3. The third-order valence-corrected chi connectivity index (χ3v) is 4.09. The molecular formula is C22H23N5O2. The van der Waals surface area contributed by atoms with Crippen molar-refractivity contribution < 1.29 is 9.59 Å². The molecule has 0 saturated heterocycles. The van der Waals surface area contributed by atoms with Gasteiger partial charge in [0, 0.05) is 30.9 Å². The van der Waals surface area contributed by atoms with Crippen LogP contribution in [0.25, 0.3) is 0 Å². The van der Waals surface area contributed by atoms with Gasteiger partial charge in [0.2, 0.25) is 5.91 Å². The first-order valence-electron chi connectivity index (χ1n) is 9.23.